The van der Waals surface area contributed by atoms with E-state index in [4.69, 9.17) is 5.11 Å². The summed E-state index contributed by atoms with van der Waals surface area (Å²) in [5, 5.41) is 9.13. The van der Waals surface area contributed by atoms with Gasteiger partial charge in [-0.3, -0.25) is 4.79 Å². The highest BCUT2D eigenvalue weighted by Crippen LogP contribution is 2.20. The second-order valence-electron chi connectivity index (χ2n) is 5.99. The highest BCUT2D eigenvalue weighted by atomic mass is 32.1. The van der Waals surface area contributed by atoms with Crippen LogP contribution in [0.5, 0.6) is 0 Å². The summed E-state index contributed by atoms with van der Waals surface area (Å²) < 4.78 is 10.6. The molecule has 0 saturated heterocycles. The van der Waals surface area contributed by atoms with Crippen LogP contribution in [0.25, 0.3) is 6.08 Å². The minimum atomic E-state index is -1.05. The number of carbonyl (C=O) groups excluding carboxylic acids is 1. The number of benzene rings is 2. The molecule has 0 aromatic heterocycles. The highest BCUT2D eigenvalue weighted by molar-refractivity contribution is 7.64. The van der Waals surface area contributed by atoms with Crippen molar-refractivity contribution >= 4 is 29.5 Å². The predicted octanol–water partition coefficient (Wildman–Crippen LogP) is 4.77. The second kappa shape index (κ2) is 9.73. The SMILES string of the molecule is CCCCC(=Cc1ccc(C[S+]=O)cc1)C(=O)c1cccc(C(=O)O)c1. The molecule has 26 heavy (non-hydrogen) atoms. The van der Waals surface area contributed by atoms with Crippen LogP contribution in [0.3, 0.4) is 0 Å². The zero-order chi connectivity index (χ0) is 18.9. The molecular formula is C21H21O4S+. The van der Waals surface area contributed by atoms with E-state index >= 15 is 0 Å². The number of carbonyl (C=O) groups is 2. The van der Waals surface area contributed by atoms with E-state index < -0.39 is 5.97 Å². The number of rotatable bonds is 9. The molecule has 2 aromatic rings. The lowest BCUT2D eigenvalue weighted by Crippen LogP contribution is -2.06. The molecule has 2 rings (SSSR count). The largest absolute Gasteiger partial charge is 0.478 e. The molecule has 0 amide bonds. The van der Waals surface area contributed by atoms with E-state index in [1.54, 1.807) is 12.1 Å². The van der Waals surface area contributed by atoms with Crippen LogP contribution >= 0.6 is 0 Å². The van der Waals surface area contributed by atoms with Gasteiger partial charge in [-0.15, -0.1) is 0 Å². The topological polar surface area (TPSA) is 71.4 Å². The van der Waals surface area contributed by atoms with Gasteiger partial charge >= 0.3 is 17.6 Å². The molecule has 5 heteroatoms. The zero-order valence-corrected chi connectivity index (χ0v) is 15.4. The molecule has 0 bridgehead atoms. The number of unbranched alkanes of at least 4 members (excludes halogenated alkanes) is 1. The lowest BCUT2D eigenvalue weighted by Gasteiger charge is -2.08. The Bertz CT molecular complexity index is 822. The Labute approximate surface area is 157 Å². The molecule has 0 aliphatic rings. The number of ketones is 1. The van der Waals surface area contributed by atoms with E-state index in [0.29, 0.717) is 35.0 Å². The lowest BCUT2D eigenvalue weighted by atomic mass is 9.95. The third-order valence-electron chi connectivity index (χ3n) is 4.01. The van der Waals surface area contributed by atoms with E-state index in [-0.39, 0.29) is 11.3 Å². The maximum absolute atomic E-state index is 12.9. The fourth-order valence-electron chi connectivity index (χ4n) is 2.58. The third-order valence-corrected chi connectivity index (χ3v) is 4.46. The first kappa shape index (κ1) is 19.7. The van der Waals surface area contributed by atoms with Gasteiger partial charge in [0.2, 0.25) is 0 Å². The van der Waals surface area contributed by atoms with E-state index in [1.165, 1.54) is 12.1 Å². The average molecular weight is 369 g/mol. The van der Waals surface area contributed by atoms with Crippen molar-refractivity contribution in [1.29, 1.82) is 0 Å². The van der Waals surface area contributed by atoms with Crippen LogP contribution in [0.15, 0.2) is 54.1 Å². The fourth-order valence-corrected chi connectivity index (χ4v) is 2.91. The minimum absolute atomic E-state index is 0.102. The number of Topliss-reactive ketones (excluding diaryl/α,β-unsaturated/α-hetero) is 1. The first-order chi connectivity index (χ1) is 12.5. The van der Waals surface area contributed by atoms with Gasteiger partial charge in [-0.05, 0) is 36.6 Å². The summed E-state index contributed by atoms with van der Waals surface area (Å²) in [5.41, 5.74) is 2.97. The molecule has 0 fully saturated rings. The smallest absolute Gasteiger partial charge is 0.463 e. The summed E-state index contributed by atoms with van der Waals surface area (Å²) in [6.45, 7) is 2.06. The fraction of sp³-hybridized carbons (Fsp3) is 0.238. The Morgan fingerprint density at radius 1 is 1.08 bits per heavy atom. The first-order valence-corrected chi connectivity index (χ1v) is 9.38. The Kier molecular flexibility index (Phi) is 7.36. The van der Waals surface area contributed by atoms with Gasteiger partial charge in [0.1, 0.15) is 0 Å². The van der Waals surface area contributed by atoms with Gasteiger partial charge in [0.05, 0.1) is 5.56 Å². The molecule has 0 radical (unpaired) electrons. The monoisotopic (exact) mass is 369 g/mol. The summed E-state index contributed by atoms with van der Waals surface area (Å²) in [4.78, 5) is 24.0. The maximum Gasteiger partial charge on any atom is 0.463 e. The summed E-state index contributed by atoms with van der Waals surface area (Å²) >= 11 is 0.524. The second-order valence-corrected chi connectivity index (χ2v) is 6.52. The van der Waals surface area contributed by atoms with E-state index in [2.05, 4.69) is 6.92 Å². The number of aromatic carboxylic acids is 1. The number of hydrogen-bond acceptors (Lipinski definition) is 3. The summed E-state index contributed by atoms with van der Waals surface area (Å²) in [5.74, 6) is -0.792. The minimum Gasteiger partial charge on any atom is -0.478 e. The van der Waals surface area contributed by atoms with Crippen LogP contribution < -0.4 is 0 Å². The van der Waals surface area contributed by atoms with Crippen molar-refractivity contribution in [3.05, 3.63) is 76.4 Å². The van der Waals surface area contributed by atoms with Crippen LogP contribution in [-0.4, -0.2) is 16.9 Å². The van der Waals surface area contributed by atoms with Crippen LogP contribution in [-0.2, 0) is 21.6 Å². The quantitative estimate of drug-likeness (QED) is 0.393. The maximum atomic E-state index is 12.9. The summed E-state index contributed by atoms with van der Waals surface area (Å²) in [6.07, 6.45) is 4.31. The van der Waals surface area contributed by atoms with E-state index in [1.807, 2.05) is 30.3 Å². The van der Waals surface area contributed by atoms with Crippen molar-refractivity contribution < 1.29 is 18.9 Å². The van der Waals surface area contributed by atoms with Gasteiger partial charge in [0.25, 0.3) is 5.75 Å². The van der Waals surface area contributed by atoms with Crippen molar-refractivity contribution in [2.24, 2.45) is 0 Å². The van der Waals surface area contributed by atoms with Crippen molar-refractivity contribution in [3.8, 4) is 0 Å². The number of carboxylic acid groups (broad SMARTS) is 1. The standard InChI is InChI=1S/C21H20O4S/c1-2-3-5-17(12-15-8-10-16(11-9-15)14-26-25)20(22)18-6-4-7-19(13-18)21(23)24/h4,6-13H,2-3,5,14H2,1H3/p+1. The van der Waals surface area contributed by atoms with Crippen molar-refractivity contribution in [2.45, 2.75) is 31.9 Å². The molecule has 134 valence electrons. The number of carboxylic acids is 1. The normalized spacial score (nSPS) is 11.2. The van der Waals surface area contributed by atoms with Gasteiger partial charge in [0, 0.05) is 20.9 Å². The van der Waals surface area contributed by atoms with Crippen LogP contribution in [0.1, 0.15) is 58.0 Å². The molecule has 0 heterocycles. The third kappa shape index (κ3) is 5.43. The van der Waals surface area contributed by atoms with E-state index in [9.17, 15) is 13.8 Å². The molecule has 0 aliphatic carbocycles. The summed E-state index contributed by atoms with van der Waals surface area (Å²) in [7, 11) is 0. The van der Waals surface area contributed by atoms with Gasteiger partial charge in [-0.1, -0.05) is 49.7 Å². The Balaban J connectivity index is 2.33. The first-order valence-electron chi connectivity index (χ1n) is 8.47. The molecule has 0 aliphatic heterocycles. The number of hydrogen-bond donors (Lipinski definition) is 1. The highest BCUT2D eigenvalue weighted by Gasteiger charge is 2.14. The molecule has 2 aromatic carbocycles. The molecule has 1 N–H and O–H groups in total. The van der Waals surface area contributed by atoms with Crippen molar-refractivity contribution in [3.63, 3.8) is 0 Å². The van der Waals surface area contributed by atoms with Gasteiger partial charge in [0.15, 0.2) is 5.78 Å². The van der Waals surface area contributed by atoms with Gasteiger partial charge in [-0.2, -0.15) is 0 Å². The van der Waals surface area contributed by atoms with Crippen LogP contribution in [0, 0.1) is 0 Å². The molecule has 0 spiro atoms. The molecule has 0 saturated carbocycles. The van der Waals surface area contributed by atoms with E-state index in [0.717, 1.165) is 24.0 Å². The van der Waals surface area contributed by atoms with Gasteiger partial charge in [-0.25, -0.2) is 4.79 Å². The molecular weight excluding hydrogens is 348 g/mol. The molecule has 0 unspecified atom stereocenters. The van der Waals surface area contributed by atoms with Gasteiger partial charge < -0.3 is 5.11 Å². The Morgan fingerprint density at radius 3 is 2.38 bits per heavy atom. The average Bonchev–Trinajstić information content (AvgIpc) is 2.66. The van der Waals surface area contributed by atoms with Crippen molar-refractivity contribution in [2.75, 3.05) is 0 Å². The predicted molar refractivity (Wildman–Crippen MR) is 103 cm³/mol. The summed E-state index contributed by atoms with van der Waals surface area (Å²) in [6, 6.07) is 13.7. The Hall–Kier alpha value is -2.66. The Morgan fingerprint density at radius 2 is 1.77 bits per heavy atom. The molecule has 4 nitrogen and oxygen atoms in total. The van der Waals surface area contributed by atoms with Crippen molar-refractivity contribution in [1.82, 2.24) is 0 Å². The number of allylic oxidation sites excluding steroid dienone is 1. The molecule has 0 atom stereocenters. The van der Waals surface area contributed by atoms with Crippen LogP contribution in [0.2, 0.25) is 0 Å². The van der Waals surface area contributed by atoms with Crippen LogP contribution in [0.4, 0.5) is 0 Å². The zero-order valence-electron chi connectivity index (χ0n) is 14.6. The lowest BCUT2D eigenvalue weighted by molar-refractivity contribution is 0.0697.